The first kappa shape index (κ1) is 13.5. The highest BCUT2D eigenvalue weighted by atomic mass is 16.1. The molecule has 0 spiro atoms. The average Bonchev–Trinajstić information content (AvgIpc) is 2.47. The Bertz CT molecular complexity index is 509. The van der Waals surface area contributed by atoms with Gasteiger partial charge in [0, 0.05) is 0 Å². The number of carbonyl (C=O) groups is 1. The van der Waals surface area contributed by atoms with Gasteiger partial charge in [-0.15, -0.1) is 0 Å². The molecule has 0 bridgehead atoms. The van der Waals surface area contributed by atoms with Crippen LogP contribution in [0.5, 0.6) is 0 Å². The molecule has 0 radical (unpaired) electrons. The number of hydrogen-bond donors (Lipinski definition) is 1. The van der Waals surface area contributed by atoms with Gasteiger partial charge in [-0.1, -0.05) is 60.7 Å². The van der Waals surface area contributed by atoms with Crippen LogP contribution in [-0.2, 0) is 17.6 Å². The lowest BCUT2D eigenvalue weighted by molar-refractivity contribution is -0.112. The van der Waals surface area contributed by atoms with Crippen molar-refractivity contribution < 1.29 is 4.79 Å². The molecule has 2 aromatic rings. The van der Waals surface area contributed by atoms with Crippen molar-refractivity contribution in [3.05, 3.63) is 71.8 Å². The molecule has 1 atom stereocenters. The minimum Gasteiger partial charge on any atom is -0.319 e. The Balaban J connectivity index is 2.00. The highest BCUT2D eigenvalue weighted by Crippen LogP contribution is 2.16. The van der Waals surface area contributed by atoms with Crippen LogP contribution < -0.4 is 5.73 Å². The summed E-state index contributed by atoms with van der Waals surface area (Å²) in [6, 6.07) is 20.0. The average molecular weight is 253 g/mol. The molecule has 0 fully saturated rings. The van der Waals surface area contributed by atoms with Gasteiger partial charge in [0.15, 0.2) is 0 Å². The minimum absolute atomic E-state index is 0.587. The predicted octanol–water partition coefficient (Wildman–Crippen LogP) is 2.76. The number of rotatable bonds is 6. The molecule has 0 aliphatic heterocycles. The van der Waals surface area contributed by atoms with Gasteiger partial charge in [-0.2, -0.15) is 0 Å². The summed E-state index contributed by atoms with van der Waals surface area (Å²) in [7, 11) is 0. The number of hydrogen-bond acceptors (Lipinski definition) is 2. The maximum absolute atomic E-state index is 11.3. The van der Waals surface area contributed by atoms with Gasteiger partial charge in [0.1, 0.15) is 6.29 Å². The van der Waals surface area contributed by atoms with Gasteiger partial charge in [0.25, 0.3) is 0 Å². The van der Waals surface area contributed by atoms with E-state index in [4.69, 9.17) is 5.73 Å². The van der Waals surface area contributed by atoms with E-state index < -0.39 is 5.54 Å². The second-order valence-electron chi connectivity index (χ2n) is 5.00. The summed E-state index contributed by atoms with van der Waals surface area (Å²) >= 11 is 0. The van der Waals surface area contributed by atoms with Crippen molar-refractivity contribution in [3.63, 3.8) is 0 Å². The normalized spacial score (nSPS) is 13.7. The lowest BCUT2D eigenvalue weighted by atomic mass is 9.87. The van der Waals surface area contributed by atoms with Gasteiger partial charge in [0.2, 0.25) is 0 Å². The Morgan fingerprint density at radius 3 is 1.95 bits per heavy atom. The fourth-order valence-electron chi connectivity index (χ4n) is 2.19. The molecule has 2 rings (SSSR count). The van der Waals surface area contributed by atoms with Crippen LogP contribution in [0, 0.1) is 0 Å². The minimum atomic E-state index is -0.781. The van der Waals surface area contributed by atoms with Gasteiger partial charge in [-0.05, 0) is 30.4 Å². The zero-order chi connectivity index (χ0) is 13.6. The molecule has 2 nitrogen and oxygen atoms in total. The topological polar surface area (TPSA) is 43.1 Å². The number of aldehydes is 1. The molecule has 0 heterocycles. The summed E-state index contributed by atoms with van der Waals surface area (Å²) in [5, 5.41) is 0. The van der Waals surface area contributed by atoms with Crippen LogP contribution >= 0.6 is 0 Å². The first-order valence-corrected chi connectivity index (χ1v) is 6.55. The van der Waals surface area contributed by atoms with Crippen molar-refractivity contribution in [1.29, 1.82) is 0 Å². The summed E-state index contributed by atoms with van der Waals surface area (Å²) in [5.41, 5.74) is 7.75. The van der Waals surface area contributed by atoms with E-state index in [2.05, 4.69) is 12.1 Å². The number of benzene rings is 2. The summed E-state index contributed by atoms with van der Waals surface area (Å²) in [4.78, 5) is 11.3. The van der Waals surface area contributed by atoms with Crippen LogP contribution in [0.25, 0.3) is 0 Å². The standard InChI is InChI=1S/C17H19NO/c18-17(14-19,13-16-9-5-2-6-10-16)12-11-15-7-3-1-4-8-15/h1-10,14H,11-13,18H2. The molecule has 2 N–H and O–H groups in total. The van der Waals surface area contributed by atoms with Crippen molar-refractivity contribution >= 4 is 6.29 Å². The van der Waals surface area contributed by atoms with Crippen LogP contribution in [0.3, 0.4) is 0 Å². The molecular weight excluding hydrogens is 234 g/mol. The molecule has 2 heteroatoms. The second kappa shape index (κ2) is 6.30. The monoisotopic (exact) mass is 253 g/mol. The second-order valence-corrected chi connectivity index (χ2v) is 5.00. The zero-order valence-corrected chi connectivity index (χ0v) is 11.0. The van der Waals surface area contributed by atoms with E-state index in [1.165, 1.54) is 5.56 Å². The Hall–Kier alpha value is -1.93. The quantitative estimate of drug-likeness (QED) is 0.804. The zero-order valence-electron chi connectivity index (χ0n) is 11.0. The Morgan fingerprint density at radius 2 is 1.42 bits per heavy atom. The van der Waals surface area contributed by atoms with Crippen LogP contribution in [0.2, 0.25) is 0 Å². The Labute approximate surface area is 114 Å². The Morgan fingerprint density at radius 1 is 0.895 bits per heavy atom. The lowest BCUT2D eigenvalue weighted by Gasteiger charge is -2.23. The molecule has 0 amide bonds. The van der Waals surface area contributed by atoms with Gasteiger partial charge in [-0.25, -0.2) is 0 Å². The fraction of sp³-hybridized carbons (Fsp3) is 0.235. The van der Waals surface area contributed by atoms with Crippen molar-refractivity contribution in [2.24, 2.45) is 5.73 Å². The number of carbonyl (C=O) groups excluding carboxylic acids is 1. The summed E-state index contributed by atoms with van der Waals surface area (Å²) < 4.78 is 0. The lowest BCUT2D eigenvalue weighted by Crippen LogP contribution is -2.44. The molecule has 19 heavy (non-hydrogen) atoms. The molecule has 0 saturated heterocycles. The molecular formula is C17H19NO. The first-order chi connectivity index (χ1) is 9.22. The van der Waals surface area contributed by atoms with E-state index in [0.29, 0.717) is 12.8 Å². The van der Waals surface area contributed by atoms with Gasteiger partial charge >= 0.3 is 0 Å². The third-order valence-corrected chi connectivity index (χ3v) is 3.33. The van der Waals surface area contributed by atoms with E-state index in [9.17, 15) is 4.79 Å². The third kappa shape index (κ3) is 4.04. The SMILES string of the molecule is NC(C=O)(CCc1ccccc1)Cc1ccccc1. The third-order valence-electron chi connectivity index (χ3n) is 3.33. The largest absolute Gasteiger partial charge is 0.319 e. The van der Waals surface area contributed by atoms with E-state index in [1.807, 2.05) is 48.5 Å². The molecule has 2 aromatic carbocycles. The number of aryl methyl sites for hydroxylation is 1. The maximum atomic E-state index is 11.3. The predicted molar refractivity (Wildman–Crippen MR) is 77.9 cm³/mol. The van der Waals surface area contributed by atoms with Crippen LogP contribution in [0.4, 0.5) is 0 Å². The van der Waals surface area contributed by atoms with Gasteiger partial charge in [0.05, 0.1) is 5.54 Å². The smallest absolute Gasteiger partial charge is 0.140 e. The van der Waals surface area contributed by atoms with Gasteiger partial charge < -0.3 is 10.5 Å². The van der Waals surface area contributed by atoms with Crippen LogP contribution in [0.15, 0.2) is 60.7 Å². The highest BCUT2D eigenvalue weighted by molar-refractivity contribution is 5.64. The van der Waals surface area contributed by atoms with E-state index in [-0.39, 0.29) is 0 Å². The molecule has 1 unspecified atom stereocenters. The van der Waals surface area contributed by atoms with Crippen molar-refractivity contribution in [2.45, 2.75) is 24.8 Å². The summed E-state index contributed by atoms with van der Waals surface area (Å²) in [6.07, 6.45) is 2.96. The molecule has 0 aliphatic carbocycles. The first-order valence-electron chi connectivity index (χ1n) is 6.55. The van der Waals surface area contributed by atoms with Crippen LogP contribution in [0.1, 0.15) is 17.5 Å². The highest BCUT2D eigenvalue weighted by Gasteiger charge is 2.24. The summed E-state index contributed by atoms with van der Waals surface area (Å²) in [6.45, 7) is 0. The summed E-state index contributed by atoms with van der Waals surface area (Å²) in [5.74, 6) is 0. The van der Waals surface area contributed by atoms with E-state index in [1.54, 1.807) is 0 Å². The van der Waals surface area contributed by atoms with Crippen molar-refractivity contribution in [1.82, 2.24) is 0 Å². The maximum Gasteiger partial charge on any atom is 0.140 e. The Kier molecular flexibility index (Phi) is 4.48. The molecule has 0 aliphatic rings. The van der Waals surface area contributed by atoms with Gasteiger partial charge in [-0.3, -0.25) is 0 Å². The van der Waals surface area contributed by atoms with E-state index in [0.717, 1.165) is 18.3 Å². The van der Waals surface area contributed by atoms with Crippen molar-refractivity contribution in [3.8, 4) is 0 Å². The molecule has 0 aromatic heterocycles. The van der Waals surface area contributed by atoms with Crippen LogP contribution in [-0.4, -0.2) is 11.8 Å². The fourth-order valence-corrected chi connectivity index (χ4v) is 2.19. The number of nitrogens with two attached hydrogens (primary N) is 1. The molecule has 98 valence electrons. The molecule has 0 saturated carbocycles. The van der Waals surface area contributed by atoms with Crippen molar-refractivity contribution in [2.75, 3.05) is 0 Å². The van der Waals surface area contributed by atoms with E-state index >= 15 is 0 Å².